The van der Waals surface area contributed by atoms with E-state index in [4.69, 9.17) is 5.73 Å². The fourth-order valence-corrected chi connectivity index (χ4v) is 3.98. The van der Waals surface area contributed by atoms with Crippen LogP contribution in [0.4, 0.5) is 10.8 Å². The van der Waals surface area contributed by atoms with Crippen LogP contribution in [0.25, 0.3) is 0 Å². The Bertz CT molecular complexity index is 435. The predicted octanol–water partition coefficient (Wildman–Crippen LogP) is 1.41. The number of amides is 1. The first-order valence-corrected chi connectivity index (χ1v) is 7.92. The van der Waals surface area contributed by atoms with Crippen LogP contribution in [0.3, 0.4) is 0 Å². The van der Waals surface area contributed by atoms with Crippen molar-refractivity contribution in [3.8, 4) is 0 Å². The van der Waals surface area contributed by atoms with E-state index in [0.29, 0.717) is 5.82 Å². The number of thioether (sulfide) groups is 1. The van der Waals surface area contributed by atoms with Crippen molar-refractivity contribution in [1.82, 2.24) is 9.69 Å². The highest BCUT2D eigenvalue weighted by molar-refractivity contribution is 7.99. The Hall–Kier alpha value is -0.950. The Kier molecular flexibility index (Phi) is 4.34. The lowest BCUT2D eigenvalue weighted by molar-refractivity contribution is -0.124. The molecule has 7 heteroatoms. The molecule has 1 aliphatic rings. The quantitative estimate of drug-likeness (QED) is 0.822. The molecule has 1 aromatic heterocycles. The smallest absolute Gasteiger partial charge is 0.224 e. The predicted molar refractivity (Wildman–Crippen MR) is 77.3 cm³/mol. The number of carbonyl (C=O) groups excluding carboxylic acids is 1. The Morgan fingerprint density at radius 1 is 1.67 bits per heavy atom. The molecule has 5 nitrogen and oxygen atoms in total. The van der Waals surface area contributed by atoms with Crippen LogP contribution in [0.2, 0.25) is 0 Å². The molecule has 0 bridgehead atoms. The molecule has 1 unspecified atom stereocenters. The monoisotopic (exact) mass is 286 g/mol. The summed E-state index contributed by atoms with van der Waals surface area (Å²) in [4.78, 5) is 15.0. The van der Waals surface area contributed by atoms with Crippen LogP contribution >= 0.6 is 23.3 Å². The molecule has 0 saturated carbocycles. The highest BCUT2D eigenvalue weighted by Crippen LogP contribution is 2.39. The van der Waals surface area contributed by atoms with Crippen molar-refractivity contribution in [3.05, 3.63) is 0 Å². The standard InChI is InChI=1S/C11H18N4OS2/c1-13-10(16)7-4-3-5-15(6-7)11-8(17-2)9(12)14-18-11/h7H,3-6H2,1-2H3,(H2,12,14)(H,13,16). The second-order valence-electron chi connectivity index (χ2n) is 4.31. The number of anilines is 2. The van der Waals surface area contributed by atoms with E-state index in [1.807, 2.05) is 6.26 Å². The van der Waals surface area contributed by atoms with Crippen LogP contribution in [0.15, 0.2) is 4.90 Å². The zero-order valence-corrected chi connectivity index (χ0v) is 12.2. The molecule has 100 valence electrons. The molecule has 1 aromatic rings. The zero-order valence-electron chi connectivity index (χ0n) is 10.6. The van der Waals surface area contributed by atoms with E-state index in [0.717, 1.165) is 35.8 Å². The van der Waals surface area contributed by atoms with Crippen LogP contribution in [0.5, 0.6) is 0 Å². The summed E-state index contributed by atoms with van der Waals surface area (Å²) in [7, 11) is 1.69. The van der Waals surface area contributed by atoms with Gasteiger partial charge in [-0.1, -0.05) is 0 Å². The van der Waals surface area contributed by atoms with E-state index in [9.17, 15) is 4.79 Å². The van der Waals surface area contributed by atoms with Gasteiger partial charge in [-0.3, -0.25) is 4.79 Å². The van der Waals surface area contributed by atoms with Gasteiger partial charge in [-0.15, -0.1) is 11.8 Å². The number of hydrogen-bond acceptors (Lipinski definition) is 6. The van der Waals surface area contributed by atoms with E-state index in [-0.39, 0.29) is 11.8 Å². The van der Waals surface area contributed by atoms with Gasteiger partial charge in [-0.05, 0) is 30.6 Å². The fourth-order valence-electron chi connectivity index (χ4n) is 2.26. The van der Waals surface area contributed by atoms with E-state index in [2.05, 4.69) is 14.6 Å². The lowest BCUT2D eigenvalue weighted by Gasteiger charge is -2.32. The van der Waals surface area contributed by atoms with Gasteiger partial charge in [0.25, 0.3) is 0 Å². The van der Waals surface area contributed by atoms with Gasteiger partial charge >= 0.3 is 0 Å². The molecule has 1 fully saturated rings. The topological polar surface area (TPSA) is 71.2 Å². The second kappa shape index (κ2) is 5.79. The third kappa shape index (κ3) is 2.56. The third-order valence-corrected chi connectivity index (χ3v) is 5.05. The Labute approximate surface area is 115 Å². The van der Waals surface area contributed by atoms with Crippen molar-refractivity contribution >= 4 is 40.0 Å². The van der Waals surface area contributed by atoms with Crippen molar-refractivity contribution in [1.29, 1.82) is 0 Å². The summed E-state index contributed by atoms with van der Waals surface area (Å²) in [5.41, 5.74) is 5.85. The van der Waals surface area contributed by atoms with Crippen molar-refractivity contribution in [2.75, 3.05) is 37.0 Å². The highest BCUT2D eigenvalue weighted by Gasteiger charge is 2.27. The van der Waals surface area contributed by atoms with E-state index in [1.165, 1.54) is 11.5 Å². The van der Waals surface area contributed by atoms with Crippen molar-refractivity contribution in [3.63, 3.8) is 0 Å². The molecular formula is C11H18N4OS2. The number of nitrogens with zero attached hydrogens (tertiary/aromatic N) is 2. The average Bonchev–Trinajstić information content (AvgIpc) is 2.79. The van der Waals surface area contributed by atoms with Gasteiger partial charge in [-0.25, -0.2) is 0 Å². The average molecular weight is 286 g/mol. The van der Waals surface area contributed by atoms with E-state index in [1.54, 1.807) is 18.8 Å². The maximum absolute atomic E-state index is 11.7. The van der Waals surface area contributed by atoms with Gasteiger partial charge in [0.1, 0.15) is 5.00 Å². The summed E-state index contributed by atoms with van der Waals surface area (Å²) in [6.07, 6.45) is 3.99. The Morgan fingerprint density at radius 2 is 2.44 bits per heavy atom. The number of nitrogens with one attached hydrogen (secondary N) is 1. The number of rotatable bonds is 3. The molecule has 18 heavy (non-hydrogen) atoms. The van der Waals surface area contributed by atoms with Crippen LogP contribution in [-0.2, 0) is 4.79 Å². The first-order chi connectivity index (χ1) is 8.67. The Balaban J connectivity index is 2.15. The van der Waals surface area contributed by atoms with E-state index < -0.39 is 0 Å². The van der Waals surface area contributed by atoms with Crippen molar-refractivity contribution < 1.29 is 4.79 Å². The lowest BCUT2D eigenvalue weighted by Crippen LogP contribution is -2.42. The third-order valence-electron chi connectivity index (χ3n) is 3.19. The van der Waals surface area contributed by atoms with Crippen LogP contribution < -0.4 is 16.0 Å². The second-order valence-corrected chi connectivity index (χ2v) is 5.87. The van der Waals surface area contributed by atoms with Gasteiger partial charge < -0.3 is 16.0 Å². The number of carbonyl (C=O) groups is 1. The van der Waals surface area contributed by atoms with Crippen molar-refractivity contribution in [2.45, 2.75) is 17.7 Å². The normalized spacial score (nSPS) is 19.9. The highest BCUT2D eigenvalue weighted by atomic mass is 32.2. The molecule has 0 aromatic carbocycles. The minimum absolute atomic E-state index is 0.0711. The van der Waals surface area contributed by atoms with Crippen LogP contribution in [-0.4, -0.2) is 36.7 Å². The molecular weight excluding hydrogens is 268 g/mol. The molecule has 2 heterocycles. The van der Waals surface area contributed by atoms with Gasteiger partial charge in [0, 0.05) is 20.1 Å². The molecule has 0 aliphatic carbocycles. The molecule has 1 saturated heterocycles. The number of nitrogen functional groups attached to an aromatic ring is 1. The summed E-state index contributed by atoms with van der Waals surface area (Å²) < 4.78 is 4.21. The van der Waals surface area contributed by atoms with Crippen molar-refractivity contribution in [2.24, 2.45) is 5.92 Å². The SMILES string of the molecule is CNC(=O)C1CCCN(c2snc(N)c2SC)C1. The van der Waals surface area contributed by atoms with Crippen LogP contribution in [0.1, 0.15) is 12.8 Å². The first kappa shape index (κ1) is 13.5. The minimum Gasteiger partial charge on any atom is -0.382 e. The molecule has 2 rings (SSSR count). The maximum Gasteiger partial charge on any atom is 0.224 e. The number of aromatic nitrogens is 1. The van der Waals surface area contributed by atoms with Gasteiger partial charge in [0.2, 0.25) is 5.91 Å². The summed E-state index contributed by atoms with van der Waals surface area (Å²) in [6.45, 7) is 1.73. The van der Waals surface area contributed by atoms with Crippen LogP contribution in [0, 0.1) is 5.92 Å². The number of piperidine rings is 1. The Morgan fingerprint density at radius 3 is 3.11 bits per heavy atom. The first-order valence-electron chi connectivity index (χ1n) is 5.93. The zero-order chi connectivity index (χ0) is 13.1. The summed E-state index contributed by atoms with van der Waals surface area (Å²) in [5.74, 6) is 0.800. The number of nitrogens with two attached hydrogens (primary N) is 1. The molecule has 0 radical (unpaired) electrons. The number of hydrogen-bond donors (Lipinski definition) is 2. The minimum atomic E-state index is 0.0711. The molecule has 1 aliphatic heterocycles. The van der Waals surface area contributed by atoms with E-state index >= 15 is 0 Å². The maximum atomic E-state index is 11.7. The lowest BCUT2D eigenvalue weighted by atomic mass is 9.97. The van der Waals surface area contributed by atoms with Gasteiger partial charge in [0.05, 0.1) is 10.8 Å². The summed E-state index contributed by atoms with van der Waals surface area (Å²) in [5, 5.41) is 3.84. The molecule has 0 spiro atoms. The summed E-state index contributed by atoms with van der Waals surface area (Å²) in [6, 6.07) is 0. The fraction of sp³-hybridized carbons (Fsp3) is 0.636. The molecule has 3 N–H and O–H groups in total. The summed E-state index contributed by atoms with van der Waals surface area (Å²) >= 11 is 3.05. The van der Waals surface area contributed by atoms with Gasteiger partial charge in [-0.2, -0.15) is 4.37 Å². The molecule has 1 atom stereocenters. The largest absolute Gasteiger partial charge is 0.382 e. The molecule has 1 amide bonds. The van der Waals surface area contributed by atoms with Gasteiger partial charge in [0.15, 0.2) is 5.82 Å².